The Balaban J connectivity index is 2.28. The molecule has 0 unspecified atom stereocenters. The number of hydrogen-bond donors (Lipinski definition) is 0. The SMILES string of the molecule is Fc1cccc(SCCCCBr)c1. The van der Waals surface area contributed by atoms with Crippen LogP contribution in [0.2, 0.25) is 0 Å². The first-order valence-corrected chi connectivity index (χ1v) is 6.38. The molecule has 1 aromatic rings. The van der Waals surface area contributed by atoms with Crippen molar-refractivity contribution >= 4 is 27.7 Å². The van der Waals surface area contributed by atoms with Crippen LogP contribution in [-0.2, 0) is 0 Å². The second kappa shape index (κ2) is 6.44. The van der Waals surface area contributed by atoms with Crippen LogP contribution < -0.4 is 0 Å². The van der Waals surface area contributed by atoms with Crippen LogP contribution in [-0.4, -0.2) is 11.1 Å². The number of benzene rings is 1. The summed E-state index contributed by atoms with van der Waals surface area (Å²) in [6, 6.07) is 6.76. The van der Waals surface area contributed by atoms with Crippen molar-refractivity contribution < 1.29 is 4.39 Å². The van der Waals surface area contributed by atoms with Crippen molar-refractivity contribution in [1.29, 1.82) is 0 Å². The minimum atomic E-state index is -0.148. The van der Waals surface area contributed by atoms with Crippen molar-refractivity contribution in [2.45, 2.75) is 17.7 Å². The van der Waals surface area contributed by atoms with Gasteiger partial charge in [0.15, 0.2) is 0 Å². The van der Waals surface area contributed by atoms with Crippen molar-refractivity contribution in [2.75, 3.05) is 11.1 Å². The van der Waals surface area contributed by atoms with Crippen LogP contribution in [0.25, 0.3) is 0 Å². The van der Waals surface area contributed by atoms with E-state index in [1.165, 1.54) is 18.9 Å². The van der Waals surface area contributed by atoms with Crippen LogP contribution in [0.5, 0.6) is 0 Å². The summed E-state index contributed by atoms with van der Waals surface area (Å²) in [5, 5.41) is 1.05. The molecule has 0 bridgehead atoms. The van der Waals surface area contributed by atoms with Gasteiger partial charge in [-0.3, -0.25) is 0 Å². The molecular weight excluding hydrogens is 251 g/mol. The van der Waals surface area contributed by atoms with Gasteiger partial charge in [0.05, 0.1) is 0 Å². The number of rotatable bonds is 5. The molecule has 0 saturated carbocycles. The van der Waals surface area contributed by atoms with Crippen LogP contribution in [0.1, 0.15) is 12.8 Å². The lowest BCUT2D eigenvalue weighted by molar-refractivity contribution is 0.624. The van der Waals surface area contributed by atoms with Gasteiger partial charge in [-0.15, -0.1) is 11.8 Å². The van der Waals surface area contributed by atoms with Gasteiger partial charge >= 0.3 is 0 Å². The van der Waals surface area contributed by atoms with Gasteiger partial charge in [0.25, 0.3) is 0 Å². The molecule has 0 spiro atoms. The molecule has 13 heavy (non-hydrogen) atoms. The van der Waals surface area contributed by atoms with Crippen LogP contribution in [0.4, 0.5) is 4.39 Å². The van der Waals surface area contributed by atoms with Gasteiger partial charge in [0.2, 0.25) is 0 Å². The summed E-state index contributed by atoms with van der Waals surface area (Å²) in [6.07, 6.45) is 2.36. The molecular formula is C10H12BrFS. The summed E-state index contributed by atoms with van der Waals surface area (Å²) in [5.41, 5.74) is 0. The van der Waals surface area contributed by atoms with Crippen LogP contribution in [0.3, 0.4) is 0 Å². The van der Waals surface area contributed by atoms with E-state index in [-0.39, 0.29) is 5.82 Å². The lowest BCUT2D eigenvalue weighted by Gasteiger charge is -2.00. The maximum absolute atomic E-state index is 12.7. The monoisotopic (exact) mass is 262 g/mol. The highest BCUT2D eigenvalue weighted by molar-refractivity contribution is 9.09. The van der Waals surface area contributed by atoms with E-state index in [2.05, 4.69) is 15.9 Å². The van der Waals surface area contributed by atoms with E-state index in [4.69, 9.17) is 0 Å². The Hall–Kier alpha value is -0.0200. The standard InChI is InChI=1S/C10H12BrFS/c11-6-1-2-7-13-10-5-3-4-9(12)8-10/h3-5,8H,1-2,6-7H2. The highest BCUT2D eigenvalue weighted by Gasteiger charge is 1.95. The summed E-state index contributed by atoms with van der Waals surface area (Å²) in [7, 11) is 0. The zero-order valence-electron chi connectivity index (χ0n) is 7.30. The maximum Gasteiger partial charge on any atom is 0.124 e. The molecule has 0 aliphatic carbocycles. The number of halogens is 2. The predicted octanol–water partition coefficient (Wildman–Crippen LogP) is 4.09. The molecule has 3 heteroatoms. The second-order valence-electron chi connectivity index (χ2n) is 2.70. The average Bonchev–Trinajstić information content (AvgIpc) is 2.13. The third kappa shape index (κ3) is 4.67. The zero-order chi connectivity index (χ0) is 9.52. The summed E-state index contributed by atoms with van der Waals surface area (Å²) < 4.78 is 12.7. The maximum atomic E-state index is 12.7. The van der Waals surface area contributed by atoms with Crippen molar-refractivity contribution in [2.24, 2.45) is 0 Å². The first-order chi connectivity index (χ1) is 6.33. The van der Waals surface area contributed by atoms with Crippen LogP contribution >= 0.6 is 27.7 Å². The van der Waals surface area contributed by atoms with Gasteiger partial charge in [-0.1, -0.05) is 22.0 Å². The highest BCUT2D eigenvalue weighted by atomic mass is 79.9. The lowest BCUT2D eigenvalue weighted by atomic mass is 10.3. The summed E-state index contributed by atoms with van der Waals surface area (Å²) in [5.74, 6) is 0.917. The van der Waals surface area contributed by atoms with E-state index in [0.717, 1.165) is 16.0 Å². The molecule has 1 rings (SSSR count). The largest absolute Gasteiger partial charge is 0.207 e. The minimum absolute atomic E-state index is 0.148. The highest BCUT2D eigenvalue weighted by Crippen LogP contribution is 2.19. The van der Waals surface area contributed by atoms with E-state index in [1.54, 1.807) is 23.9 Å². The van der Waals surface area contributed by atoms with Gasteiger partial charge < -0.3 is 0 Å². The topological polar surface area (TPSA) is 0 Å². The molecule has 0 N–H and O–H groups in total. The van der Waals surface area contributed by atoms with Gasteiger partial charge in [0, 0.05) is 10.2 Å². The number of hydrogen-bond acceptors (Lipinski definition) is 1. The van der Waals surface area contributed by atoms with E-state index < -0.39 is 0 Å². The molecule has 0 heterocycles. The molecule has 0 amide bonds. The van der Waals surface area contributed by atoms with Gasteiger partial charge in [-0.2, -0.15) is 0 Å². The van der Waals surface area contributed by atoms with Crippen molar-refractivity contribution in [3.63, 3.8) is 0 Å². The number of alkyl halides is 1. The fourth-order valence-electron chi connectivity index (χ4n) is 0.943. The van der Waals surface area contributed by atoms with E-state index in [9.17, 15) is 4.39 Å². The fourth-order valence-corrected chi connectivity index (χ4v) is 2.29. The van der Waals surface area contributed by atoms with E-state index in [1.807, 2.05) is 6.07 Å². The molecule has 0 aromatic heterocycles. The first kappa shape index (κ1) is 11.1. The Bertz CT molecular complexity index is 252. The summed E-state index contributed by atoms with van der Waals surface area (Å²) in [4.78, 5) is 1.02. The molecule has 1 aromatic carbocycles. The molecule has 0 aliphatic heterocycles. The molecule has 0 fully saturated rings. The Morgan fingerprint density at radius 2 is 2.15 bits per heavy atom. The Labute approximate surface area is 91.0 Å². The number of thioether (sulfide) groups is 1. The quantitative estimate of drug-likeness (QED) is 0.438. The minimum Gasteiger partial charge on any atom is -0.207 e. The molecule has 0 aliphatic rings. The van der Waals surface area contributed by atoms with Gasteiger partial charge in [-0.05, 0) is 36.8 Å². The third-order valence-corrected chi connectivity index (χ3v) is 3.23. The van der Waals surface area contributed by atoms with Crippen LogP contribution in [0, 0.1) is 5.82 Å². The predicted molar refractivity (Wildman–Crippen MR) is 60.2 cm³/mol. The number of unbranched alkanes of at least 4 members (excludes halogenated alkanes) is 1. The van der Waals surface area contributed by atoms with Gasteiger partial charge in [0.1, 0.15) is 5.82 Å². The Kier molecular flexibility index (Phi) is 5.47. The zero-order valence-corrected chi connectivity index (χ0v) is 9.70. The normalized spacial score (nSPS) is 10.3. The first-order valence-electron chi connectivity index (χ1n) is 4.27. The summed E-state index contributed by atoms with van der Waals surface area (Å²) >= 11 is 5.09. The molecule has 0 saturated heterocycles. The second-order valence-corrected chi connectivity index (χ2v) is 4.66. The smallest absolute Gasteiger partial charge is 0.124 e. The average molecular weight is 263 g/mol. The van der Waals surface area contributed by atoms with Crippen molar-refractivity contribution in [1.82, 2.24) is 0 Å². The summed E-state index contributed by atoms with van der Waals surface area (Å²) in [6.45, 7) is 0. The fraction of sp³-hybridized carbons (Fsp3) is 0.400. The Morgan fingerprint density at radius 1 is 1.31 bits per heavy atom. The Morgan fingerprint density at radius 3 is 2.85 bits per heavy atom. The molecule has 72 valence electrons. The lowest BCUT2D eigenvalue weighted by Crippen LogP contribution is -1.82. The van der Waals surface area contributed by atoms with Crippen molar-refractivity contribution in [3.8, 4) is 0 Å². The third-order valence-electron chi connectivity index (χ3n) is 1.59. The molecule has 0 nitrogen and oxygen atoms in total. The van der Waals surface area contributed by atoms with Crippen molar-refractivity contribution in [3.05, 3.63) is 30.1 Å². The molecule has 0 radical (unpaired) electrons. The van der Waals surface area contributed by atoms with E-state index >= 15 is 0 Å². The van der Waals surface area contributed by atoms with E-state index in [0.29, 0.717) is 0 Å². The van der Waals surface area contributed by atoms with Crippen LogP contribution in [0.15, 0.2) is 29.2 Å². The molecule has 0 atom stereocenters. The van der Waals surface area contributed by atoms with Gasteiger partial charge in [-0.25, -0.2) is 4.39 Å².